The van der Waals surface area contributed by atoms with Crippen molar-refractivity contribution in [1.82, 2.24) is 10.2 Å². The number of carbonyl (C=O) groups excluding carboxylic acids is 1. The van der Waals surface area contributed by atoms with Gasteiger partial charge < -0.3 is 16.0 Å². The maximum absolute atomic E-state index is 11.3. The monoisotopic (exact) mass is 368 g/mol. The van der Waals surface area contributed by atoms with E-state index in [2.05, 4.69) is 41.4 Å². The number of amides is 1. The van der Waals surface area contributed by atoms with Gasteiger partial charge in [0.15, 0.2) is 5.96 Å². The Kier molecular flexibility index (Phi) is 5.37. The van der Waals surface area contributed by atoms with Gasteiger partial charge in [-0.25, -0.2) is 0 Å². The molecule has 2 fully saturated rings. The number of guanidine groups is 1. The number of hydrogen-bond acceptors (Lipinski definition) is 2. The molecule has 1 heterocycles. The van der Waals surface area contributed by atoms with E-state index in [1.807, 2.05) is 0 Å². The van der Waals surface area contributed by atoms with Crippen LogP contribution >= 0.6 is 0 Å². The number of aliphatic imine (C=N–C) groups is 1. The largest absolute Gasteiger partial charge is 0.370 e. The second-order valence-electron chi connectivity index (χ2n) is 8.41. The summed E-state index contributed by atoms with van der Waals surface area (Å²) in [5, 5.41) is 3.47. The highest BCUT2D eigenvalue weighted by molar-refractivity contribution is 5.80. The van der Waals surface area contributed by atoms with Crippen LogP contribution < -0.4 is 11.1 Å². The van der Waals surface area contributed by atoms with Crippen molar-refractivity contribution in [3.8, 4) is 0 Å². The minimum absolute atomic E-state index is 0.190. The molecule has 1 aromatic carbocycles. The molecular weight excluding hydrogens is 336 g/mol. The number of piperidine rings is 1. The molecular formula is C22H32N4O. The Morgan fingerprint density at radius 3 is 3.00 bits per heavy atom. The van der Waals surface area contributed by atoms with Crippen molar-refractivity contribution >= 4 is 11.9 Å². The maximum atomic E-state index is 11.3. The van der Waals surface area contributed by atoms with E-state index in [9.17, 15) is 4.79 Å². The summed E-state index contributed by atoms with van der Waals surface area (Å²) in [6.45, 7) is 5.79. The number of hydrogen-bond donors (Lipinski definition) is 2. The number of nitrogens with one attached hydrogen (secondary N) is 1. The summed E-state index contributed by atoms with van der Waals surface area (Å²) in [5.74, 6) is 3.40. The van der Waals surface area contributed by atoms with E-state index < -0.39 is 0 Å². The highest BCUT2D eigenvalue weighted by Gasteiger charge is 2.52. The number of carbonyl (C=O) groups is 1. The van der Waals surface area contributed by atoms with Crippen LogP contribution in [0.3, 0.4) is 0 Å². The number of benzene rings is 1. The fourth-order valence-electron chi connectivity index (χ4n) is 5.28. The average Bonchev–Trinajstić information content (AvgIpc) is 3.38. The Labute approximate surface area is 162 Å². The number of rotatable bonds is 5. The molecule has 4 unspecified atom stereocenters. The lowest BCUT2D eigenvalue weighted by atomic mass is 9.92. The third-order valence-electron chi connectivity index (χ3n) is 6.59. The summed E-state index contributed by atoms with van der Waals surface area (Å²) < 4.78 is 0. The second-order valence-corrected chi connectivity index (χ2v) is 8.41. The van der Waals surface area contributed by atoms with Crippen LogP contribution in [-0.4, -0.2) is 42.9 Å². The summed E-state index contributed by atoms with van der Waals surface area (Å²) in [4.78, 5) is 18.7. The predicted octanol–water partition coefficient (Wildman–Crippen LogP) is 2.52. The highest BCUT2D eigenvalue weighted by atomic mass is 16.1. The van der Waals surface area contributed by atoms with E-state index in [0.717, 1.165) is 50.9 Å². The first-order valence-corrected chi connectivity index (χ1v) is 10.6. The van der Waals surface area contributed by atoms with Gasteiger partial charge in [0.2, 0.25) is 5.91 Å². The van der Waals surface area contributed by atoms with Crippen LogP contribution in [0.15, 0.2) is 29.3 Å². The van der Waals surface area contributed by atoms with E-state index in [0.29, 0.717) is 24.2 Å². The van der Waals surface area contributed by atoms with Crippen LogP contribution in [0, 0.1) is 17.8 Å². The Morgan fingerprint density at radius 1 is 1.33 bits per heavy atom. The Morgan fingerprint density at radius 2 is 2.19 bits per heavy atom. The molecule has 0 aromatic heterocycles. The summed E-state index contributed by atoms with van der Waals surface area (Å²) in [7, 11) is 0. The summed E-state index contributed by atoms with van der Waals surface area (Å²) >= 11 is 0. The fraction of sp³-hybridized carbons (Fsp3) is 0.636. The summed E-state index contributed by atoms with van der Waals surface area (Å²) in [5.41, 5.74) is 8.52. The minimum atomic E-state index is -0.190. The quantitative estimate of drug-likeness (QED) is 0.620. The maximum Gasteiger partial charge on any atom is 0.217 e. The van der Waals surface area contributed by atoms with Crippen molar-refractivity contribution in [2.24, 2.45) is 28.5 Å². The van der Waals surface area contributed by atoms with Gasteiger partial charge in [-0.3, -0.25) is 9.79 Å². The van der Waals surface area contributed by atoms with Crippen molar-refractivity contribution in [2.45, 2.75) is 44.9 Å². The molecule has 146 valence electrons. The summed E-state index contributed by atoms with van der Waals surface area (Å²) in [6, 6.07) is 8.95. The normalized spacial score (nSPS) is 29.7. The van der Waals surface area contributed by atoms with E-state index in [4.69, 9.17) is 10.7 Å². The molecule has 27 heavy (non-hydrogen) atoms. The molecule has 1 aliphatic heterocycles. The van der Waals surface area contributed by atoms with Gasteiger partial charge in [0.25, 0.3) is 0 Å². The lowest BCUT2D eigenvalue weighted by molar-refractivity contribution is -0.119. The molecule has 4 rings (SSSR count). The first-order valence-electron chi connectivity index (χ1n) is 10.6. The molecule has 1 saturated carbocycles. The van der Waals surface area contributed by atoms with Gasteiger partial charge in [-0.05, 0) is 67.4 Å². The van der Waals surface area contributed by atoms with Gasteiger partial charge in [0.1, 0.15) is 0 Å². The number of nitrogens with zero attached hydrogens (tertiary/aromatic N) is 2. The standard InChI is InChI=1S/C22H32N4O/c1-2-24-22(26-11-5-6-15(14-26)12-20(23)27)25-13-19-18-10-9-16-7-3-4-8-17(16)21(18)19/h3-4,7-8,15,18-19,21H,2,5-6,9-14H2,1H3,(H2,23,27)(H,24,25). The van der Waals surface area contributed by atoms with Crippen LogP contribution in [0.25, 0.3) is 0 Å². The van der Waals surface area contributed by atoms with Gasteiger partial charge in [0.05, 0.1) is 0 Å². The molecule has 5 nitrogen and oxygen atoms in total. The Balaban J connectivity index is 1.41. The van der Waals surface area contributed by atoms with Crippen LogP contribution in [0.1, 0.15) is 49.7 Å². The predicted molar refractivity (Wildman–Crippen MR) is 109 cm³/mol. The molecule has 3 aliphatic rings. The third-order valence-corrected chi connectivity index (χ3v) is 6.59. The number of primary amides is 1. The average molecular weight is 369 g/mol. The third kappa shape index (κ3) is 3.97. The molecule has 1 saturated heterocycles. The van der Waals surface area contributed by atoms with E-state index in [1.165, 1.54) is 12.8 Å². The van der Waals surface area contributed by atoms with E-state index >= 15 is 0 Å². The molecule has 0 spiro atoms. The molecule has 1 aromatic rings. The van der Waals surface area contributed by atoms with Crippen molar-refractivity contribution in [3.05, 3.63) is 35.4 Å². The SMILES string of the molecule is CCNC(=NCC1C2CCc3ccccc3C21)N1CCCC(CC(N)=O)C1. The lowest BCUT2D eigenvalue weighted by Crippen LogP contribution is -2.47. The van der Waals surface area contributed by atoms with Crippen LogP contribution in [-0.2, 0) is 11.2 Å². The molecule has 0 radical (unpaired) electrons. The number of nitrogens with two attached hydrogens (primary N) is 1. The van der Waals surface area contributed by atoms with Crippen molar-refractivity contribution < 1.29 is 4.79 Å². The molecule has 3 N–H and O–H groups in total. The smallest absolute Gasteiger partial charge is 0.217 e. The number of aryl methyl sites for hydroxylation is 1. The van der Waals surface area contributed by atoms with Crippen molar-refractivity contribution in [1.29, 1.82) is 0 Å². The lowest BCUT2D eigenvalue weighted by Gasteiger charge is -2.34. The van der Waals surface area contributed by atoms with Crippen LogP contribution in [0.4, 0.5) is 0 Å². The zero-order valence-electron chi connectivity index (χ0n) is 16.4. The minimum Gasteiger partial charge on any atom is -0.370 e. The first kappa shape index (κ1) is 18.3. The topological polar surface area (TPSA) is 70.7 Å². The molecule has 4 atom stereocenters. The van der Waals surface area contributed by atoms with E-state index in [1.54, 1.807) is 11.1 Å². The molecule has 5 heteroatoms. The Hall–Kier alpha value is -2.04. The van der Waals surface area contributed by atoms with Crippen LogP contribution in [0.5, 0.6) is 0 Å². The second kappa shape index (κ2) is 7.91. The van der Waals surface area contributed by atoms with Crippen molar-refractivity contribution in [2.75, 3.05) is 26.2 Å². The van der Waals surface area contributed by atoms with Gasteiger partial charge in [-0.1, -0.05) is 24.3 Å². The van der Waals surface area contributed by atoms with Crippen molar-refractivity contribution in [3.63, 3.8) is 0 Å². The van der Waals surface area contributed by atoms with E-state index in [-0.39, 0.29) is 5.91 Å². The summed E-state index contributed by atoms with van der Waals surface area (Å²) in [6.07, 6.45) is 5.20. The van der Waals surface area contributed by atoms with Crippen LogP contribution in [0.2, 0.25) is 0 Å². The zero-order chi connectivity index (χ0) is 18.8. The van der Waals surface area contributed by atoms with Gasteiger partial charge in [-0.2, -0.15) is 0 Å². The molecule has 2 aliphatic carbocycles. The van der Waals surface area contributed by atoms with Gasteiger partial charge in [0, 0.05) is 32.6 Å². The van der Waals surface area contributed by atoms with Gasteiger partial charge in [-0.15, -0.1) is 0 Å². The Bertz CT molecular complexity index is 716. The van der Waals surface area contributed by atoms with Gasteiger partial charge >= 0.3 is 0 Å². The zero-order valence-corrected chi connectivity index (χ0v) is 16.4. The fourth-order valence-corrected chi connectivity index (χ4v) is 5.28. The molecule has 0 bridgehead atoms. The number of fused-ring (bicyclic) bond motifs is 3. The first-order chi connectivity index (χ1) is 13.2. The number of likely N-dealkylation sites (tertiary alicyclic amines) is 1. The highest BCUT2D eigenvalue weighted by Crippen LogP contribution is 2.59. The molecule has 1 amide bonds.